The molecule has 1 heterocycles. The zero-order valence-electron chi connectivity index (χ0n) is 10.7. The summed E-state index contributed by atoms with van der Waals surface area (Å²) in [5, 5.41) is 0. The molecule has 0 fully saturated rings. The van der Waals surface area contributed by atoms with E-state index in [1.165, 1.54) is 6.07 Å². The van der Waals surface area contributed by atoms with Crippen LogP contribution in [0.15, 0.2) is 18.2 Å². The predicted molar refractivity (Wildman–Crippen MR) is 76.4 cm³/mol. The quantitative estimate of drug-likeness (QED) is 0.844. The zero-order valence-corrected chi connectivity index (χ0v) is 11.5. The van der Waals surface area contributed by atoms with Crippen LogP contribution in [0.1, 0.15) is 26.3 Å². The Hall–Kier alpha value is -1.23. The number of nitrogens with zero attached hydrogens (tertiary/aromatic N) is 2. The molecular weight excluding hydrogens is 249 g/mol. The highest BCUT2D eigenvalue weighted by Crippen LogP contribution is 2.26. The van der Waals surface area contributed by atoms with E-state index < -0.39 is 0 Å². The van der Waals surface area contributed by atoms with Gasteiger partial charge in [-0.15, -0.1) is 0 Å². The van der Waals surface area contributed by atoms with Crippen LogP contribution in [-0.4, -0.2) is 21.1 Å². The van der Waals surface area contributed by atoms with Crippen molar-refractivity contribution in [1.29, 1.82) is 0 Å². The summed E-state index contributed by atoms with van der Waals surface area (Å²) in [6, 6.07) is 5.21. The Labute approximate surface area is 111 Å². The summed E-state index contributed by atoms with van der Waals surface area (Å²) in [7, 11) is 0. The number of hydrogen-bond donors (Lipinski definition) is 1. The molecular formula is C13H18FN3S. The van der Waals surface area contributed by atoms with Gasteiger partial charge in [-0.05, 0) is 37.0 Å². The molecule has 0 aliphatic rings. The van der Waals surface area contributed by atoms with E-state index in [9.17, 15) is 4.39 Å². The summed E-state index contributed by atoms with van der Waals surface area (Å²) in [5.41, 5.74) is 7.05. The van der Waals surface area contributed by atoms with Crippen LogP contribution in [0.3, 0.4) is 0 Å². The summed E-state index contributed by atoms with van der Waals surface area (Å²) in [6.45, 7) is 4.24. The standard InChI is InChI=1S/C13H18FN3S/c1-3-18-8-7-9(2)17-11-6-4-5-10(14)12(11)16-13(17)15/h4-6,9H,3,7-8H2,1-2H3,(H2,15,16). The van der Waals surface area contributed by atoms with Crippen molar-refractivity contribution < 1.29 is 4.39 Å². The van der Waals surface area contributed by atoms with E-state index in [-0.39, 0.29) is 11.9 Å². The first-order valence-electron chi connectivity index (χ1n) is 6.14. The maximum atomic E-state index is 13.6. The minimum atomic E-state index is -0.312. The Balaban J connectivity index is 2.32. The fourth-order valence-electron chi connectivity index (χ4n) is 2.09. The maximum Gasteiger partial charge on any atom is 0.201 e. The largest absolute Gasteiger partial charge is 0.369 e. The fourth-order valence-corrected chi connectivity index (χ4v) is 2.89. The van der Waals surface area contributed by atoms with E-state index in [0.717, 1.165) is 23.4 Å². The number of halogens is 1. The highest BCUT2D eigenvalue weighted by atomic mass is 32.2. The zero-order chi connectivity index (χ0) is 13.1. The van der Waals surface area contributed by atoms with E-state index in [0.29, 0.717) is 11.5 Å². The van der Waals surface area contributed by atoms with E-state index in [4.69, 9.17) is 5.73 Å². The molecule has 0 saturated carbocycles. The molecule has 18 heavy (non-hydrogen) atoms. The number of imidazole rings is 1. The van der Waals surface area contributed by atoms with Gasteiger partial charge >= 0.3 is 0 Å². The second kappa shape index (κ2) is 5.61. The van der Waals surface area contributed by atoms with Crippen LogP contribution in [0, 0.1) is 5.82 Å². The molecule has 3 nitrogen and oxygen atoms in total. The topological polar surface area (TPSA) is 43.8 Å². The Bertz CT molecular complexity index is 538. The number of nitrogens with two attached hydrogens (primary N) is 1. The van der Waals surface area contributed by atoms with Gasteiger partial charge in [-0.2, -0.15) is 11.8 Å². The number of aromatic nitrogens is 2. The molecule has 98 valence electrons. The van der Waals surface area contributed by atoms with Gasteiger partial charge in [0.1, 0.15) is 5.52 Å². The average Bonchev–Trinajstić information content (AvgIpc) is 2.67. The third-order valence-corrected chi connectivity index (χ3v) is 3.96. The number of para-hydroxylation sites is 1. The minimum Gasteiger partial charge on any atom is -0.369 e. The monoisotopic (exact) mass is 267 g/mol. The van der Waals surface area contributed by atoms with Crippen LogP contribution in [0.25, 0.3) is 11.0 Å². The van der Waals surface area contributed by atoms with Gasteiger partial charge in [0.25, 0.3) is 0 Å². The van der Waals surface area contributed by atoms with Crippen LogP contribution < -0.4 is 5.73 Å². The minimum absolute atomic E-state index is 0.232. The van der Waals surface area contributed by atoms with Gasteiger partial charge in [0.15, 0.2) is 5.82 Å². The molecule has 1 aromatic carbocycles. The summed E-state index contributed by atoms with van der Waals surface area (Å²) < 4.78 is 15.5. The summed E-state index contributed by atoms with van der Waals surface area (Å²) in [6.07, 6.45) is 1.00. The predicted octanol–water partition coefficient (Wildman–Crippen LogP) is 3.46. The lowest BCUT2D eigenvalue weighted by molar-refractivity contribution is 0.556. The van der Waals surface area contributed by atoms with E-state index in [2.05, 4.69) is 18.8 Å². The molecule has 1 atom stereocenters. The summed E-state index contributed by atoms with van der Waals surface area (Å²) >= 11 is 1.90. The van der Waals surface area contributed by atoms with E-state index in [1.807, 2.05) is 22.4 Å². The Morgan fingerprint density at radius 2 is 2.28 bits per heavy atom. The van der Waals surface area contributed by atoms with E-state index >= 15 is 0 Å². The molecule has 0 bridgehead atoms. The molecule has 1 unspecified atom stereocenters. The van der Waals surface area contributed by atoms with Gasteiger partial charge < -0.3 is 10.3 Å². The molecule has 2 rings (SSSR count). The molecule has 2 N–H and O–H groups in total. The number of rotatable bonds is 5. The van der Waals surface area contributed by atoms with Gasteiger partial charge in [0.2, 0.25) is 5.95 Å². The second-order valence-corrected chi connectivity index (χ2v) is 5.68. The SMILES string of the molecule is CCSCCC(C)n1c(N)nc2c(F)cccc21. The third kappa shape index (κ3) is 2.46. The number of hydrogen-bond acceptors (Lipinski definition) is 3. The van der Waals surface area contributed by atoms with Crippen molar-refractivity contribution in [2.75, 3.05) is 17.2 Å². The number of benzene rings is 1. The van der Waals surface area contributed by atoms with Crippen molar-refractivity contribution in [2.45, 2.75) is 26.3 Å². The summed E-state index contributed by atoms with van der Waals surface area (Å²) in [4.78, 5) is 4.12. The second-order valence-electron chi connectivity index (χ2n) is 4.28. The molecule has 2 aromatic rings. The van der Waals surface area contributed by atoms with Crippen molar-refractivity contribution in [1.82, 2.24) is 9.55 Å². The van der Waals surface area contributed by atoms with Gasteiger partial charge in [0, 0.05) is 6.04 Å². The summed E-state index contributed by atoms with van der Waals surface area (Å²) in [5.74, 6) is 2.27. The van der Waals surface area contributed by atoms with Crippen LogP contribution in [-0.2, 0) is 0 Å². The maximum absolute atomic E-state index is 13.6. The normalized spacial score (nSPS) is 13.1. The van der Waals surface area contributed by atoms with E-state index in [1.54, 1.807) is 6.07 Å². The number of anilines is 1. The van der Waals surface area contributed by atoms with Gasteiger partial charge in [-0.3, -0.25) is 0 Å². The Morgan fingerprint density at radius 3 is 3.00 bits per heavy atom. The van der Waals surface area contributed by atoms with Gasteiger partial charge in [-0.1, -0.05) is 13.0 Å². The lowest BCUT2D eigenvalue weighted by Crippen LogP contribution is -2.09. The number of thioether (sulfide) groups is 1. The first-order chi connectivity index (χ1) is 8.65. The lowest BCUT2D eigenvalue weighted by atomic mass is 10.2. The van der Waals surface area contributed by atoms with Crippen molar-refractivity contribution in [3.05, 3.63) is 24.0 Å². The third-order valence-electron chi connectivity index (χ3n) is 3.02. The van der Waals surface area contributed by atoms with Crippen molar-refractivity contribution in [2.24, 2.45) is 0 Å². The van der Waals surface area contributed by atoms with Crippen LogP contribution >= 0.6 is 11.8 Å². The van der Waals surface area contributed by atoms with Crippen LogP contribution in [0.2, 0.25) is 0 Å². The fraction of sp³-hybridized carbons (Fsp3) is 0.462. The highest BCUT2D eigenvalue weighted by Gasteiger charge is 2.15. The van der Waals surface area contributed by atoms with Crippen LogP contribution in [0.4, 0.5) is 10.3 Å². The van der Waals surface area contributed by atoms with Crippen molar-refractivity contribution >= 4 is 28.7 Å². The first kappa shape index (κ1) is 13.2. The first-order valence-corrected chi connectivity index (χ1v) is 7.30. The molecule has 0 radical (unpaired) electrons. The average molecular weight is 267 g/mol. The smallest absolute Gasteiger partial charge is 0.201 e. The molecule has 1 aromatic heterocycles. The highest BCUT2D eigenvalue weighted by molar-refractivity contribution is 7.99. The molecule has 0 amide bonds. The molecule has 0 saturated heterocycles. The van der Waals surface area contributed by atoms with Crippen molar-refractivity contribution in [3.8, 4) is 0 Å². The molecule has 0 spiro atoms. The van der Waals surface area contributed by atoms with Crippen LogP contribution in [0.5, 0.6) is 0 Å². The molecule has 0 aliphatic heterocycles. The number of nitrogen functional groups attached to an aromatic ring is 1. The van der Waals surface area contributed by atoms with Gasteiger partial charge in [-0.25, -0.2) is 9.37 Å². The molecule has 0 aliphatic carbocycles. The van der Waals surface area contributed by atoms with Crippen molar-refractivity contribution in [3.63, 3.8) is 0 Å². The van der Waals surface area contributed by atoms with Gasteiger partial charge in [0.05, 0.1) is 5.52 Å². The Morgan fingerprint density at radius 1 is 1.50 bits per heavy atom. The molecule has 5 heteroatoms. The Kier molecular flexibility index (Phi) is 4.11. The lowest BCUT2D eigenvalue weighted by Gasteiger charge is -2.15. The number of fused-ring (bicyclic) bond motifs is 1.